The van der Waals surface area contributed by atoms with Crippen molar-refractivity contribution in [2.75, 3.05) is 4.90 Å². The van der Waals surface area contributed by atoms with Crippen molar-refractivity contribution in [1.82, 2.24) is 10.6 Å². The molecule has 0 bridgehead atoms. The predicted molar refractivity (Wildman–Crippen MR) is 180 cm³/mol. The molecular weight excluding hydrogens is 574 g/mol. The molecule has 6 rings (SSSR count). The van der Waals surface area contributed by atoms with Crippen molar-refractivity contribution in [2.24, 2.45) is 5.92 Å². The second-order valence-corrected chi connectivity index (χ2v) is 12.8. The average Bonchev–Trinajstić information content (AvgIpc) is 3.52. The van der Waals surface area contributed by atoms with Gasteiger partial charge in [0, 0.05) is 12.0 Å². The Morgan fingerprint density at radius 2 is 1.52 bits per heavy atom. The smallest absolute Gasteiger partial charge is 0.254 e. The summed E-state index contributed by atoms with van der Waals surface area (Å²) in [4.78, 5) is 43.7. The van der Waals surface area contributed by atoms with Crippen molar-refractivity contribution in [3.8, 4) is 22.6 Å². The number of carbonyl (C=O) groups excluding carboxylic acids is 3. The molecule has 1 atom stereocenters. The highest BCUT2D eigenvalue weighted by molar-refractivity contribution is 6.07. The van der Waals surface area contributed by atoms with Crippen LogP contribution in [-0.2, 0) is 20.9 Å². The molecule has 0 radical (unpaired) electrons. The first-order chi connectivity index (χ1) is 22.3. The topological polar surface area (TPSA) is 87.7 Å². The Labute approximate surface area is 271 Å². The number of nitrogens with one attached hydrogen (secondary N) is 2. The molecule has 4 aromatic rings. The Kier molecular flexibility index (Phi) is 9.20. The number of amides is 3. The summed E-state index contributed by atoms with van der Waals surface area (Å²) < 4.78 is 6.09. The first-order valence-electron chi connectivity index (χ1n) is 16.3. The molecule has 1 aliphatic carbocycles. The lowest BCUT2D eigenvalue weighted by Crippen LogP contribution is -2.58. The molecule has 4 aromatic carbocycles. The van der Waals surface area contributed by atoms with E-state index in [1.54, 1.807) is 4.90 Å². The lowest BCUT2D eigenvalue weighted by molar-refractivity contribution is -0.135. The number of fused-ring (bicyclic) bond motifs is 3. The van der Waals surface area contributed by atoms with E-state index < -0.39 is 11.6 Å². The van der Waals surface area contributed by atoms with Crippen LogP contribution < -0.4 is 20.3 Å². The zero-order valence-electron chi connectivity index (χ0n) is 26.5. The lowest BCUT2D eigenvalue weighted by atomic mass is 9.92. The van der Waals surface area contributed by atoms with Gasteiger partial charge >= 0.3 is 0 Å². The molecule has 1 saturated carbocycles. The predicted octanol–water partition coefficient (Wildman–Crippen LogP) is 7.72. The fourth-order valence-electron chi connectivity index (χ4n) is 6.56. The van der Waals surface area contributed by atoms with Gasteiger partial charge in [-0.3, -0.25) is 14.4 Å². The van der Waals surface area contributed by atoms with Gasteiger partial charge in [0.1, 0.15) is 23.1 Å². The van der Waals surface area contributed by atoms with E-state index in [0.29, 0.717) is 30.9 Å². The van der Waals surface area contributed by atoms with Gasteiger partial charge in [0.05, 0.1) is 12.2 Å². The van der Waals surface area contributed by atoms with Gasteiger partial charge in [0.25, 0.3) is 5.91 Å². The van der Waals surface area contributed by atoms with Gasteiger partial charge in [-0.25, -0.2) is 0 Å². The molecule has 3 amide bonds. The van der Waals surface area contributed by atoms with Crippen molar-refractivity contribution in [1.29, 1.82) is 0 Å². The molecule has 0 spiro atoms. The molecule has 2 N–H and O–H groups in total. The van der Waals surface area contributed by atoms with Gasteiger partial charge in [-0.2, -0.15) is 0 Å². The summed E-state index contributed by atoms with van der Waals surface area (Å²) in [6.45, 7) is 4.44. The summed E-state index contributed by atoms with van der Waals surface area (Å²) in [7, 11) is 0. The molecule has 1 fully saturated rings. The van der Waals surface area contributed by atoms with E-state index >= 15 is 0 Å². The van der Waals surface area contributed by atoms with Crippen molar-refractivity contribution < 1.29 is 19.1 Å². The summed E-state index contributed by atoms with van der Waals surface area (Å²) in [6, 6.07) is 32.0. The van der Waals surface area contributed by atoms with E-state index in [1.807, 2.05) is 103 Å². The Balaban J connectivity index is 1.33. The Hall–Kier alpha value is -4.91. The van der Waals surface area contributed by atoms with Crippen molar-refractivity contribution in [3.63, 3.8) is 0 Å². The van der Waals surface area contributed by atoms with Crippen molar-refractivity contribution in [3.05, 3.63) is 114 Å². The molecule has 46 heavy (non-hydrogen) atoms. The molecule has 236 valence electrons. The van der Waals surface area contributed by atoms with E-state index in [0.717, 1.165) is 53.0 Å². The van der Waals surface area contributed by atoms with Crippen molar-refractivity contribution in [2.45, 2.75) is 70.5 Å². The quantitative estimate of drug-likeness (QED) is 0.191. The molecule has 1 unspecified atom stereocenters. The summed E-state index contributed by atoms with van der Waals surface area (Å²) in [5, 5.41) is 6.24. The highest BCUT2D eigenvalue weighted by Crippen LogP contribution is 2.41. The normalized spacial score (nSPS) is 16.7. The number of nitrogens with zero attached hydrogens (tertiary/aromatic N) is 1. The number of para-hydroxylation sites is 2. The van der Waals surface area contributed by atoms with Crippen LogP contribution in [0.25, 0.3) is 11.1 Å². The van der Waals surface area contributed by atoms with Crippen LogP contribution in [0.3, 0.4) is 0 Å². The minimum absolute atomic E-state index is 0.120. The summed E-state index contributed by atoms with van der Waals surface area (Å²) in [6.07, 6.45) is 3.90. The van der Waals surface area contributed by atoms with Gasteiger partial charge < -0.3 is 20.3 Å². The third-order valence-electron chi connectivity index (χ3n) is 8.98. The fraction of sp³-hybridized carbons (Fsp3) is 0.308. The summed E-state index contributed by atoms with van der Waals surface area (Å²) in [5.41, 5.74) is 3.16. The van der Waals surface area contributed by atoms with Crippen LogP contribution in [0.15, 0.2) is 103 Å². The Bertz CT molecular complexity index is 1710. The standard InChI is InChI=1S/C39H41N3O4/c1-27(2)21-22-35(43)41-39(23-10-11-24-39)38(45)40-36-33-19-7-6-17-31(33)32-18-8-9-20-34(32)42(37(36)44)26-28-13-12-16-30(25-28)46-29-14-4-3-5-15-29/h3-9,12-20,25,27,36H,10-11,21-24,26H2,1-2H3,(H,40,45)(H,41,43). The highest BCUT2D eigenvalue weighted by Gasteiger charge is 2.45. The number of anilines is 1. The van der Waals surface area contributed by atoms with Gasteiger partial charge in [0.2, 0.25) is 11.8 Å². The number of ether oxygens (including phenoxy) is 1. The van der Waals surface area contributed by atoms with E-state index in [2.05, 4.69) is 24.5 Å². The number of benzene rings is 4. The SMILES string of the molecule is CC(C)CCC(=O)NC1(C(=O)NC2C(=O)N(Cc3cccc(Oc4ccccc4)c3)c3ccccc3-c3ccccc32)CCCC1. The molecule has 0 saturated heterocycles. The van der Waals surface area contributed by atoms with Crippen molar-refractivity contribution >= 4 is 23.4 Å². The van der Waals surface area contributed by atoms with Crippen LogP contribution in [0.2, 0.25) is 0 Å². The second-order valence-electron chi connectivity index (χ2n) is 12.8. The Morgan fingerprint density at radius 1 is 0.848 bits per heavy atom. The summed E-state index contributed by atoms with van der Waals surface area (Å²) >= 11 is 0. The maximum absolute atomic E-state index is 14.7. The highest BCUT2D eigenvalue weighted by atomic mass is 16.5. The van der Waals surface area contributed by atoms with E-state index in [9.17, 15) is 14.4 Å². The van der Waals surface area contributed by atoms with E-state index in [-0.39, 0.29) is 24.3 Å². The second kappa shape index (κ2) is 13.6. The first-order valence-corrected chi connectivity index (χ1v) is 16.3. The van der Waals surface area contributed by atoms with Gasteiger partial charge in [-0.15, -0.1) is 0 Å². The monoisotopic (exact) mass is 615 g/mol. The zero-order valence-corrected chi connectivity index (χ0v) is 26.5. The fourth-order valence-corrected chi connectivity index (χ4v) is 6.56. The molecular formula is C39H41N3O4. The third kappa shape index (κ3) is 6.69. The minimum atomic E-state index is -1.03. The third-order valence-corrected chi connectivity index (χ3v) is 8.98. The number of rotatable bonds is 10. The maximum atomic E-state index is 14.7. The molecule has 2 aliphatic rings. The number of carbonyl (C=O) groups is 3. The average molecular weight is 616 g/mol. The van der Waals surface area contributed by atoms with Crippen LogP contribution in [0, 0.1) is 5.92 Å². The maximum Gasteiger partial charge on any atom is 0.254 e. The van der Waals surface area contributed by atoms with Crippen LogP contribution in [-0.4, -0.2) is 23.3 Å². The van der Waals surface area contributed by atoms with Crippen LogP contribution in [0.4, 0.5) is 5.69 Å². The van der Waals surface area contributed by atoms with Gasteiger partial charge in [-0.05, 0) is 72.2 Å². The van der Waals surface area contributed by atoms with Crippen LogP contribution >= 0.6 is 0 Å². The van der Waals surface area contributed by atoms with Crippen LogP contribution in [0.5, 0.6) is 11.5 Å². The first kappa shape index (κ1) is 31.1. The minimum Gasteiger partial charge on any atom is -0.457 e. The molecule has 1 heterocycles. The van der Waals surface area contributed by atoms with Crippen LogP contribution in [0.1, 0.15) is 69.5 Å². The number of hydrogen-bond donors (Lipinski definition) is 2. The lowest BCUT2D eigenvalue weighted by Gasteiger charge is -2.32. The van der Waals surface area contributed by atoms with Gasteiger partial charge in [-0.1, -0.05) is 99.5 Å². The van der Waals surface area contributed by atoms with E-state index in [1.165, 1.54) is 0 Å². The molecule has 7 nitrogen and oxygen atoms in total. The van der Waals surface area contributed by atoms with E-state index in [4.69, 9.17) is 4.74 Å². The Morgan fingerprint density at radius 3 is 2.28 bits per heavy atom. The molecule has 7 heteroatoms. The largest absolute Gasteiger partial charge is 0.457 e. The molecule has 0 aromatic heterocycles. The van der Waals surface area contributed by atoms with Gasteiger partial charge in [0.15, 0.2) is 0 Å². The zero-order chi connectivity index (χ0) is 32.1. The summed E-state index contributed by atoms with van der Waals surface area (Å²) in [5.74, 6) is 1.12. The molecule has 1 aliphatic heterocycles. The number of hydrogen-bond acceptors (Lipinski definition) is 4.